The molecule has 2 unspecified atom stereocenters. The summed E-state index contributed by atoms with van der Waals surface area (Å²) in [5.74, 6) is -1.06. The van der Waals surface area contributed by atoms with Gasteiger partial charge in [0.2, 0.25) is 11.8 Å². The predicted octanol–water partition coefficient (Wildman–Crippen LogP) is 1.96. The minimum atomic E-state index is -1.03. The maximum Gasteiger partial charge on any atom is 0.329 e. The zero-order valence-corrected chi connectivity index (χ0v) is 22.4. The lowest BCUT2D eigenvalue weighted by molar-refractivity contribution is -0.153. The normalized spacial score (nSPS) is 26.0. The number of amides is 2. The Morgan fingerprint density at radius 2 is 2.14 bits per heavy atom. The third-order valence-corrected chi connectivity index (χ3v) is 8.01. The van der Waals surface area contributed by atoms with Crippen molar-refractivity contribution < 1.29 is 23.9 Å². The summed E-state index contributed by atoms with van der Waals surface area (Å²) in [6.07, 6.45) is 3.10. The van der Waals surface area contributed by atoms with E-state index in [2.05, 4.69) is 33.2 Å². The Kier molecular flexibility index (Phi) is 9.54. The molecule has 9 nitrogen and oxygen atoms in total. The molecule has 1 aromatic heterocycles. The molecule has 0 saturated heterocycles. The number of ketones is 1. The van der Waals surface area contributed by atoms with Crippen LogP contribution in [-0.4, -0.2) is 69.3 Å². The Balaban J connectivity index is 1.86. The molecule has 4 bridgehead atoms. The molecule has 3 heterocycles. The molecule has 2 N–H and O–H groups in total. The summed E-state index contributed by atoms with van der Waals surface area (Å²) in [5, 5.41) is 8.83. The first kappa shape index (κ1) is 27.4. The fourth-order valence-corrected chi connectivity index (χ4v) is 5.56. The molecule has 2 aliphatic heterocycles. The average Bonchev–Trinajstić information content (AvgIpc) is 3.45. The molecule has 0 radical (unpaired) electrons. The van der Waals surface area contributed by atoms with Crippen LogP contribution in [0.25, 0.3) is 0 Å². The van der Waals surface area contributed by atoms with Crippen LogP contribution < -0.4 is 10.6 Å². The molecule has 1 aromatic rings. The zero-order chi connectivity index (χ0) is 25.6. The van der Waals surface area contributed by atoms with E-state index in [0.717, 1.165) is 5.01 Å². The number of hydrogen-bond acceptors (Lipinski definition) is 10. The lowest BCUT2D eigenvalue weighted by Crippen LogP contribution is -2.53. The number of carbonyl (C=O) groups is 4. The Morgan fingerprint density at radius 1 is 1.37 bits per heavy atom. The van der Waals surface area contributed by atoms with Crippen molar-refractivity contribution in [1.29, 1.82) is 0 Å². The second-order valence-corrected chi connectivity index (χ2v) is 11.1. The molecule has 35 heavy (non-hydrogen) atoms. The van der Waals surface area contributed by atoms with Gasteiger partial charge >= 0.3 is 5.97 Å². The number of aromatic nitrogens is 1. The highest BCUT2D eigenvalue weighted by atomic mass is 32.2. The van der Waals surface area contributed by atoms with Crippen LogP contribution in [0, 0.1) is 5.92 Å². The molecule has 2 amide bonds. The molecule has 0 aliphatic carbocycles. The number of esters is 1. The van der Waals surface area contributed by atoms with E-state index < -0.39 is 23.7 Å². The number of carbonyl (C=O) groups excluding carboxylic acids is 4. The van der Waals surface area contributed by atoms with E-state index in [1.165, 1.54) is 23.1 Å². The van der Waals surface area contributed by atoms with Gasteiger partial charge in [0.25, 0.3) is 0 Å². The van der Waals surface area contributed by atoms with E-state index in [1.54, 1.807) is 19.1 Å². The van der Waals surface area contributed by atoms with Crippen LogP contribution in [0.15, 0.2) is 22.5 Å². The molecular formula is C23H30N4O5S3. The highest BCUT2D eigenvalue weighted by molar-refractivity contribution is 8.14. The monoisotopic (exact) mass is 538 g/mol. The third kappa shape index (κ3) is 7.40. The fraction of sp³-hybridized carbons (Fsp3) is 0.565. The maximum atomic E-state index is 13.2. The van der Waals surface area contributed by atoms with Gasteiger partial charge in [0.1, 0.15) is 34.2 Å². The number of nitrogens with zero attached hydrogens (tertiary/aromatic N) is 2. The van der Waals surface area contributed by atoms with Crippen molar-refractivity contribution in [1.82, 2.24) is 15.6 Å². The molecule has 0 saturated carbocycles. The lowest BCUT2D eigenvalue weighted by Gasteiger charge is -2.27. The van der Waals surface area contributed by atoms with Crippen molar-refractivity contribution in [3.63, 3.8) is 0 Å². The Hall–Kier alpha value is -2.18. The second-order valence-electron chi connectivity index (χ2n) is 8.91. The van der Waals surface area contributed by atoms with Gasteiger partial charge in [0.05, 0.1) is 10.8 Å². The number of aliphatic imine (C=N–C) groups is 1. The summed E-state index contributed by atoms with van der Waals surface area (Å²) in [6, 6.07) is -0.905. The van der Waals surface area contributed by atoms with Crippen molar-refractivity contribution in [2.24, 2.45) is 10.9 Å². The van der Waals surface area contributed by atoms with Crippen LogP contribution in [0.3, 0.4) is 0 Å². The highest BCUT2D eigenvalue weighted by Gasteiger charge is 2.41. The molecule has 2 aliphatic rings. The largest absolute Gasteiger partial charge is 0.456 e. The van der Waals surface area contributed by atoms with Gasteiger partial charge in [-0.15, -0.1) is 23.1 Å². The number of thiol groups is 1. The van der Waals surface area contributed by atoms with E-state index in [0.29, 0.717) is 22.9 Å². The molecule has 3 atom stereocenters. The summed E-state index contributed by atoms with van der Waals surface area (Å²) >= 11 is 6.81. The number of thioether (sulfide) groups is 1. The summed E-state index contributed by atoms with van der Waals surface area (Å²) in [6.45, 7) is 5.57. The number of aryl methyl sites for hydroxylation is 1. The van der Waals surface area contributed by atoms with Gasteiger partial charge in [0, 0.05) is 36.9 Å². The van der Waals surface area contributed by atoms with E-state index in [-0.39, 0.29) is 48.7 Å². The topological polar surface area (TPSA) is 127 Å². The second kappa shape index (κ2) is 12.2. The number of cyclic esters (lactones) is 1. The third-order valence-electron chi connectivity index (χ3n) is 5.53. The van der Waals surface area contributed by atoms with Crippen LogP contribution in [0.1, 0.15) is 44.3 Å². The van der Waals surface area contributed by atoms with Gasteiger partial charge in [-0.2, -0.15) is 12.6 Å². The van der Waals surface area contributed by atoms with Gasteiger partial charge in [-0.1, -0.05) is 19.9 Å². The van der Waals surface area contributed by atoms with Gasteiger partial charge in [-0.05, 0) is 18.9 Å². The van der Waals surface area contributed by atoms with Gasteiger partial charge in [-0.3, -0.25) is 19.4 Å². The minimum Gasteiger partial charge on any atom is -0.456 e. The lowest BCUT2D eigenvalue weighted by atomic mass is 10.00. The molecule has 0 spiro atoms. The molecule has 0 fully saturated rings. The van der Waals surface area contributed by atoms with Crippen molar-refractivity contribution in [3.8, 4) is 0 Å². The van der Waals surface area contributed by atoms with E-state index in [1.807, 2.05) is 19.2 Å². The van der Waals surface area contributed by atoms with Crippen LogP contribution in [0.2, 0.25) is 0 Å². The van der Waals surface area contributed by atoms with Crippen LogP contribution in [0.4, 0.5) is 0 Å². The molecule has 0 aromatic carbocycles. The summed E-state index contributed by atoms with van der Waals surface area (Å²) in [7, 11) is 0. The number of hydrogen-bond donors (Lipinski definition) is 3. The van der Waals surface area contributed by atoms with Gasteiger partial charge in [-0.25, -0.2) is 9.78 Å². The maximum absolute atomic E-state index is 13.2. The number of Topliss-reactive ketones (excluding diaryl/α,β-unsaturated/α-hetero) is 1. The van der Waals surface area contributed by atoms with Crippen molar-refractivity contribution in [2.45, 2.75) is 57.7 Å². The van der Waals surface area contributed by atoms with Gasteiger partial charge < -0.3 is 15.4 Å². The van der Waals surface area contributed by atoms with E-state index in [4.69, 9.17) is 4.74 Å². The smallest absolute Gasteiger partial charge is 0.329 e. The first-order valence-electron chi connectivity index (χ1n) is 11.4. The van der Waals surface area contributed by atoms with Crippen molar-refractivity contribution >= 4 is 64.3 Å². The van der Waals surface area contributed by atoms with Crippen molar-refractivity contribution in [3.05, 3.63) is 28.2 Å². The number of fused-ring (bicyclic) bond motifs is 4. The zero-order valence-electron chi connectivity index (χ0n) is 19.9. The van der Waals surface area contributed by atoms with Crippen molar-refractivity contribution in [2.75, 3.05) is 18.1 Å². The quantitative estimate of drug-likeness (QED) is 0.297. The average molecular weight is 539 g/mol. The number of nitrogens with one attached hydrogen (secondary N) is 2. The number of rotatable bonds is 5. The molecule has 3 rings (SSSR count). The summed E-state index contributed by atoms with van der Waals surface area (Å²) in [5.41, 5.74) is -0.329. The standard InChI is InChI=1S/C23H30N4O5S3/c1-13(2)19-21(30)32-15(5-4-8-24-17(29)10-33)9-14(28)6-7-18-25-16(11-34-18)20-27-23(3,12-35-20)22(31)26-19/h4-5,11,13,15,19,33H,6-10,12H2,1-3H3,(H,24,29)(H,26,31)/b5-4+/t15?,19?,23-/m0/s1. The summed E-state index contributed by atoms with van der Waals surface area (Å²) < 4.78 is 5.68. The van der Waals surface area contributed by atoms with E-state index in [9.17, 15) is 19.2 Å². The summed E-state index contributed by atoms with van der Waals surface area (Å²) in [4.78, 5) is 59.6. The van der Waals surface area contributed by atoms with Crippen LogP contribution in [0.5, 0.6) is 0 Å². The first-order valence-corrected chi connectivity index (χ1v) is 13.9. The highest BCUT2D eigenvalue weighted by Crippen LogP contribution is 2.32. The molecule has 12 heteroatoms. The Labute approximate surface area is 218 Å². The Morgan fingerprint density at radius 3 is 2.86 bits per heavy atom. The number of ether oxygens (including phenoxy) is 1. The Bertz CT molecular complexity index is 1040. The first-order chi connectivity index (χ1) is 16.6. The van der Waals surface area contributed by atoms with Crippen LogP contribution in [-0.2, 0) is 30.3 Å². The fourth-order valence-electron chi connectivity index (χ4n) is 3.46. The minimum absolute atomic E-state index is 0.0139. The van der Waals surface area contributed by atoms with E-state index >= 15 is 0 Å². The number of thiazole rings is 1. The predicted molar refractivity (Wildman–Crippen MR) is 140 cm³/mol. The van der Waals surface area contributed by atoms with Gasteiger partial charge in [0.15, 0.2) is 0 Å². The molecular weight excluding hydrogens is 508 g/mol. The molecule has 190 valence electrons. The SMILES string of the molecule is CC(C)C1NC(=O)[C@]2(C)CSC(=N2)c2csc(n2)CCC(=O)CC(/C=C/CNC(=O)CS)OC1=O. The van der Waals surface area contributed by atoms with Crippen LogP contribution >= 0.6 is 35.7 Å².